The molecule has 5 aliphatic rings. The molecule has 62 heavy (non-hydrogen) atoms. The fourth-order valence-corrected chi connectivity index (χ4v) is 11.3. The van der Waals surface area contributed by atoms with Gasteiger partial charge in [0.1, 0.15) is 48.1 Å². The highest BCUT2D eigenvalue weighted by molar-refractivity contribution is 5.84. The van der Waals surface area contributed by atoms with Crippen LogP contribution in [0.2, 0.25) is 0 Å². The number of aromatic nitrogens is 1. The summed E-state index contributed by atoms with van der Waals surface area (Å²) < 4.78 is 25.8. The SMILES string of the molecule is CN[C@@H]1C=Cc2c(c(O)cc3c2[C@H]2Oc4c(ccc5c4[C@@]4(CC[C@@H](C4)[C@H](CCc4ccccc4)c4ccc(N)nc4C#CC3)Cc3cc(O)cc(OC)c3-5)[C@@H]2COC(C)=O)OC1. The van der Waals surface area contributed by atoms with E-state index >= 15 is 0 Å². The normalized spacial score (nSPS) is 23.6. The van der Waals surface area contributed by atoms with Crippen LogP contribution >= 0.6 is 0 Å². The quantitative estimate of drug-likeness (QED) is 0.0932. The summed E-state index contributed by atoms with van der Waals surface area (Å²) in [6, 6.07) is 24.2. The summed E-state index contributed by atoms with van der Waals surface area (Å²) in [5, 5.41) is 26.0. The van der Waals surface area contributed by atoms with Crippen LogP contribution in [0.4, 0.5) is 5.82 Å². The lowest BCUT2D eigenvalue weighted by Gasteiger charge is -2.39. The molecule has 1 aromatic heterocycles. The van der Waals surface area contributed by atoms with Crippen LogP contribution in [0, 0.1) is 17.8 Å². The number of ether oxygens (including phenoxy) is 4. The molecule has 4 aromatic carbocycles. The summed E-state index contributed by atoms with van der Waals surface area (Å²) in [7, 11) is 3.52. The molecule has 0 amide bonds. The van der Waals surface area contributed by atoms with Crippen LogP contribution in [0.5, 0.6) is 28.7 Å². The summed E-state index contributed by atoms with van der Waals surface area (Å²) >= 11 is 0. The van der Waals surface area contributed by atoms with Gasteiger partial charge in [-0.3, -0.25) is 4.79 Å². The lowest BCUT2D eigenvalue weighted by Crippen LogP contribution is -2.31. The zero-order valence-corrected chi connectivity index (χ0v) is 35.3. The third kappa shape index (κ3) is 6.80. The summed E-state index contributed by atoms with van der Waals surface area (Å²) in [5.41, 5.74) is 16.4. The second kappa shape index (κ2) is 15.8. The van der Waals surface area contributed by atoms with Crippen molar-refractivity contribution in [2.45, 2.75) is 81.3 Å². The second-order valence-electron chi connectivity index (χ2n) is 17.6. The number of fused-ring (bicyclic) bond motifs is 9. The minimum absolute atomic E-state index is 0.0104. The molecule has 10 heteroatoms. The van der Waals surface area contributed by atoms with Crippen molar-refractivity contribution in [3.05, 3.63) is 129 Å². The van der Waals surface area contributed by atoms with E-state index in [0.29, 0.717) is 41.6 Å². The van der Waals surface area contributed by atoms with Gasteiger partial charge in [0, 0.05) is 52.6 Å². The number of nitrogens with one attached hydrogen (secondary N) is 1. The number of nitrogens with two attached hydrogens (primary N) is 1. The second-order valence-corrected chi connectivity index (χ2v) is 17.6. The van der Waals surface area contributed by atoms with Gasteiger partial charge in [-0.1, -0.05) is 66.6 Å². The van der Waals surface area contributed by atoms with Gasteiger partial charge < -0.3 is 40.2 Å². The summed E-state index contributed by atoms with van der Waals surface area (Å²) in [6.07, 6.45) is 8.82. The smallest absolute Gasteiger partial charge is 0.302 e. The van der Waals surface area contributed by atoms with Gasteiger partial charge in [-0.2, -0.15) is 0 Å². The van der Waals surface area contributed by atoms with E-state index in [-0.39, 0.29) is 53.8 Å². The molecule has 1 saturated carbocycles. The van der Waals surface area contributed by atoms with E-state index in [2.05, 4.69) is 65.7 Å². The van der Waals surface area contributed by atoms with Crippen molar-refractivity contribution in [1.29, 1.82) is 0 Å². The first-order valence-corrected chi connectivity index (χ1v) is 21.7. The average Bonchev–Trinajstić information content (AvgIpc) is 3.76. The zero-order chi connectivity index (χ0) is 42.7. The Balaban J connectivity index is 1.24. The number of phenolic OH excluding ortho intramolecular Hbond substituents is 2. The van der Waals surface area contributed by atoms with Crippen LogP contribution in [-0.2, 0) is 34.2 Å². The van der Waals surface area contributed by atoms with Gasteiger partial charge in [0.15, 0.2) is 11.5 Å². The van der Waals surface area contributed by atoms with Gasteiger partial charge in [-0.15, -0.1) is 0 Å². The Morgan fingerprint density at radius 1 is 1.03 bits per heavy atom. The minimum Gasteiger partial charge on any atom is -0.508 e. The molecule has 0 radical (unpaired) electrons. The van der Waals surface area contributed by atoms with E-state index < -0.39 is 12.0 Å². The highest BCUT2D eigenvalue weighted by Gasteiger charge is 2.52. The molecule has 0 saturated heterocycles. The fraction of sp³-hybridized carbons (Fsp3) is 0.346. The molecule has 0 unspecified atom stereocenters. The number of aryl methyl sites for hydroxylation is 1. The van der Waals surface area contributed by atoms with Gasteiger partial charge in [0.05, 0.1) is 19.1 Å². The number of anilines is 1. The Hall–Kier alpha value is -6.44. The lowest BCUT2D eigenvalue weighted by molar-refractivity contribution is -0.141. The lowest BCUT2D eigenvalue weighted by atomic mass is 9.64. The molecular weight excluding hydrogens is 779 g/mol. The van der Waals surface area contributed by atoms with Crippen molar-refractivity contribution < 1.29 is 34.0 Å². The number of benzene rings is 4. The van der Waals surface area contributed by atoms with E-state index in [1.54, 1.807) is 19.2 Å². The van der Waals surface area contributed by atoms with Gasteiger partial charge in [-0.05, 0) is 109 Å². The maximum Gasteiger partial charge on any atom is 0.302 e. The first kappa shape index (κ1) is 39.7. The number of hydrogen-bond acceptors (Lipinski definition) is 10. The molecule has 10 nitrogen and oxygen atoms in total. The highest BCUT2D eigenvalue weighted by atomic mass is 16.5. The Morgan fingerprint density at radius 2 is 1.87 bits per heavy atom. The van der Waals surface area contributed by atoms with Crippen LogP contribution in [0.15, 0.2) is 78.9 Å². The van der Waals surface area contributed by atoms with Gasteiger partial charge >= 0.3 is 5.97 Å². The molecule has 3 aliphatic heterocycles. The van der Waals surface area contributed by atoms with Gasteiger partial charge in [0.2, 0.25) is 0 Å². The number of esters is 1. The number of pyridine rings is 1. The molecule has 5 N–H and O–H groups in total. The fourth-order valence-electron chi connectivity index (χ4n) is 11.3. The van der Waals surface area contributed by atoms with Crippen molar-refractivity contribution in [3.63, 3.8) is 0 Å². The molecule has 4 heterocycles. The predicted molar refractivity (Wildman–Crippen MR) is 238 cm³/mol. The molecule has 1 spiro atoms. The van der Waals surface area contributed by atoms with Crippen LogP contribution in [0.25, 0.3) is 17.2 Å². The monoisotopic (exact) mass is 829 g/mol. The number of rotatable bonds is 7. The standard InChI is InChI=1S/C52H51N3O7/c1-29(56)60-28-41-38-16-17-39-46-33(22-35(57)24-44(46)59-3)26-52-21-20-32(25-52)36(14-12-30-8-5-4-6-9-30)37-18-19-45(53)55-42(37)11-7-10-31-23-43(58)49-40(15-13-34(54-2)27-61-49)47(31)50(41)62-51(38)48(39)52/h4-6,8-9,13,15-19,22-24,32,34,36,41,50,54,57-58H,10,12,14,20-21,25-28H2,1-3H3,(H2,53,55)/t32-,34+,36-,41-,50-,52+/m0/s1. The van der Waals surface area contributed by atoms with E-state index in [9.17, 15) is 15.0 Å². The number of methoxy groups -OCH3 is 1. The summed E-state index contributed by atoms with van der Waals surface area (Å²) in [5.74, 6) is 8.86. The van der Waals surface area contributed by atoms with Crippen molar-refractivity contribution in [3.8, 4) is 51.7 Å². The summed E-state index contributed by atoms with van der Waals surface area (Å²) in [6.45, 7) is 1.83. The molecule has 6 atom stereocenters. The number of aromatic hydroxyl groups is 2. The largest absolute Gasteiger partial charge is 0.508 e. The average molecular weight is 830 g/mol. The van der Waals surface area contributed by atoms with Crippen LogP contribution in [0.1, 0.15) is 101 Å². The first-order valence-electron chi connectivity index (χ1n) is 21.7. The highest BCUT2D eigenvalue weighted by Crippen LogP contribution is 2.64. The van der Waals surface area contributed by atoms with Gasteiger partial charge in [-0.25, -0.2) is 4.98 Å². The molecule has 1 fully saturated rings. The topological polar surface area (TPSA) is 145 Å². The van der Waals surface area contributed by atoms with E-state index in [0.717, 1.165) is 82.4 Å². The number of carbonyl (C=O) groups is 1. The van der Waals surface area contributed by atoms with Crippen molar-refractivity contribution in [1.82, 2.24) is 10.3 Å². The number of phenols is 2. The maximum atomic E-state index is 12.6. The molecule has 5 aromatic rings. The number of carbonyl (C=O) groups excluding carboxylic acids is 1. The van der Waals surface area contributed by atoms with Crippen molar-refractivity contribution >= 4 is 17.9 Å². The first-order chi connectivity index (χ1) is 30.1. The predicted octanol–water partition coefficient (Wildman–Crippen LogP) is 8.44. The Bertz CT molecular complexity index is 2700. The minimum atomic E-state index is -0.636. The Labute approximate surface area is 362 Å². The third-order valence-electron chi connectivity index (χ3n) is 14.0. The van der Waals surface area contributed by atoms with Crippen LogP contribution in [-0.4, -0.2) is 54.6 Å². The van der Waals surface area contributed by atoms with Gasteiger partial charge in [0.25, 0.3) is 0 Å². The summed E-state index contributed by atoms with van der Waals surface area (Å²) in [4.78, 5) is 17.5. The number of hydrogen-bond donors (Lipinski definition) is 4. The van der Waals surface area contributed by atoms with Crippen molar-refractivity contribution in [2.75, 3.05) is 33.1 Å². The molecule has 10 rings (SSSR count). The third-order valence-corrected chi connectivity index (χ3v) is 14.0. The molecule has 4 bridgehead atoms. The van der Waals surface area contributed by atoms with E-state index in [4.69, 9.17) is 29.7 Å². The number of nitrogens with zero attached hydrogens (tertiary/aromatic N) is 1. The Kier molecular flexibility index (Phi) is 10.1. The van der Waals surface area contributed by atoms with Crippen LogP contribution < -0.4 is 25.3 Å². The Morgan fingerprint density at radius 3 is 2.68 bits per heavy atom. The molecule has 2 aliphatic carbocycles. The molecule has 316 valence electrons. The zero-order valence-electron chi connectivity index (χ0n) is 35.3. The van der Waals surface area contributed by atoms with Crippen LogP contribution in [0.3, 0.4) is 0 Å². The maximum absolute atomic E-state index is 12.6. The molecular formula is C52H51N3O7. The number of nitrogen functional groups attached to an aromatic ring is 1. The van der Waals surface area contributed by atoms with Crippen molar-refractivity contribution in [2.24, 2.45) is 5.92 Å². The number of likely N-dealkylation sites (N-methyl/N-ethyl adjacent to an activating group) is 1. The van der Waals surface area contributed by atoms with E-state index in [1.807, 2.05) is 31.3 Å². The van der Waals surface area contributed by atoms with E-state index in [1.165, 1.54) is 12.5 Å².